The summed E-state index contributed by atoms with van der Waals surface area (Å²) in [6.07, 6.45) is 5.09. The molecule has 4 aliphatic heterocycles. The first-order valence-electron chi connectivity index (χ1n) is 24.0. The van der Waals surface area contributed by atoms with E-state index in [1.54, 1.807) is 0 Å². The SMILES string of the molecule is COC(=O)N[C@H](C(=O)N1[C@@H]2C[C@@H]2C[C@H]1c1nc2ccc(-c3ccc4nc(-c5ccc6nc([C@@H]7C[C@H]8C[C@H]8N7C(=O)[C@@H](NC(=O)OC)C7CCOCC7)[nH]c6c5)ccc4n3)cc2[nH]1)C1CCOCC1. The zero-order valence-electron chi connectivity index (χ0n) is 38.0. The predicted octanol–water partition coefficient (Wildman–Crippen LogP) is 6.34. The molecule has 2 aromatic carbocycles. The number of carbonyl (C=O) groups is 4. The van der Waals surface area contributed by atoms with Crippen LogP contribution in [0.4, 0.5) is 9.59 Å². The van der Waals surface area contributed by atoms with E-state index in [-0.39, 0.29) is 47.8 Å². The third kappa shape index (κ3) is 7.76. The Morgan fingerprint density at radius 2 is 0.985 bits per heavy atom. The Hall–Kier alpha value is -6.66. The highest BCUT2D eigenvalue weighted by atomic mass is 16.5. The topological polar surface area (TPSA) is 219 Å². The number of ether oxygens (including phenoxy) is 4. The van der Waals surface area contributed by atoms with Gasteiger partial charge in [-0.1, -0.05) is 12.1 Å². The fraction of sp³-hybridized carbons (Fsp3) is 0.480. The number of aromatic amines is 2. The normalized spacial score (nSPS) is 25.5. The van der Waals surface area contributed by atoms with Gasteiger partial charge in [0.2, 0.25) is 11.8 Å². The molecule has 0 unspecified atom stereocenters. The molecule has 4 N–H and O–H groups in total. The number of pyridine rings is 2. The van der Waals surface area contributed by atoms with Crippen molar-refractivity contribution in [2.75, 3.05) is 40.6 Å². The summed E-state index contributed by atoms with van der Waals surface area (Å²) in [5.74, 6) is 2.06. The highest BCUT2D eigenvalue weighted by Crippen LogP contribution is 2.55. The molecule has 0 radical (unpaired) electrons. The number of hydrogen-bond acceptors (Lipinski definition) is 12. The number of benzene rings is 2. The fourth-order valence-electron chi connectivity index (χ4n) is 11.6. The van der Waals surface area contributed by atoms with E-state index in [1.165, 1.54) is 14.2 Å². The van der Waals surface area contributed by atoms with E-state index in [0.717, 1.165) is 92.9 Å². The van der Waals surface area contributed by atoms with Crippen LogP contribution in [0.5, 0.6) is 0 Å². The number of amides is 4. The molecule has 4 saturated heterocycles. The van der Waals surface area contributed by atoms with Gasteiger partial charge in [0.15, 0.2) is 0 Å². The van der Waals surface area contributed by atoms with Crippen LogP contribution >= 0.6 is 0 Å². The lowest BCUT2D eigenvalue weighted by atomic mass is 9.90. The Labute approximate surface area is 391 Å². The Morgan fingerprint density at radius 1 is 0.574 bits per heavy atom. The lowest BCUT2D eigenvalue weighted by Crippen LogP contribution is -2.54. The molecule has 2 aliphatic carbocycles. The summed E-state index contributed by atoms with van der Waals surface area (Å²) < 4.78 is 21.0. The summed E-state index contributed by atoms with van der Waals surface area (Å²) in [5.41, 5.74) is 8.24. The van der Waals surface area contributed by atoms with Gasteiger partial charge < -0.3 is 49.3 Å². The second-order valence-corrected chi connectivity index (χ2v) is 19.4. The van der Waals surface area contributed by atoms with Gasteiger partial charge in [0.05, 0.1) is 70.8 Å². The van der Waals surface area contributed by atoms with E-state index in [2.05, 4.69) is 32.7 Å². The molecule has 6 aliphatic rings. The number of H-pyrrole nitrogens is 2. The number of fused-ring (bicyclic) bond motifs is 5. The maximum Gasteiger partial charge on any atom is 0.407 e. The molecular weight excluding hydrogens is 869 g/mol. The van der Waals surface area contributed by atoms with Gasteiger partial charge in [-0.2, -0.15) is 0 Å². The zero-order chi connectivity index (χ0) is 46.2. The number of piperidine rings is 2. The molecule has 4 aromatic heterocycles. The Balaban J connectivity index is 0.764. The molecule has 8 atom stereocenters. The third-order valence-electron chi connectivity index (χ3n) is 15.4. The van der Waals surface area contributed by atoms with E-state index in [1.807, 2.05) is 58.3 Å². The summed E-state index contributed by atoms with van der Waals surface area (Å²) >= 11 is 0. The molecular formula is C50H54N10O8. The van der Waals surface area contributed by atoms with Crippen molar-refractivity contribution >= 4 is 57.1 Å². The average Bonchev–Trinajstić information content (AvgIpc) is 4.04. The van der Waals surface area contributed by atoms with Crippen LogP contribution in [-0.4, -0.2) is 129 Å². The Kier molecular flexibility index (Phi) is 10.8. The number of likely N-dealkylation sites (tertiary alicyclic amines) is 2. The molecule has 6 aromatic rings. The van der Waals surface area contributed by atoms with Crippen LogP contribution in [0.1, 0.15) is 75.1 Å². The highest BCUT2D eigenvalue weighted by molar-refractivity contribution is 5.90. The maximum atomic E-state index is 14.3. The lowest BCUT2D eigenvalue weighted by Gasteiger charge is -2.35. The van der Waals surface area contributed by atoms with Crippen molar-refractivity contribution in [1.29, 1.82) is 0 Å². The van der Waals surface area contributed by atoms with Crippen LogP contribution in [0.15, 0.2) is 60.7 Å². The standard InChI is InChI=1S/C50H54N10O8/c1-65-49(63)57-43(25-11-15-67-16-12-25)47(61)59-39-21-29(39)23-41(59)45-53-35-5-3-27(19-37(35)55-45)31-7-9-34-33(51-31)10-8-32(52-34)28-4-6-36-38(20-28)56-46(54-36)42-24-30-22-40(30)60(42)48(62)44(58-50(64)66-2)26-13-17-68-18-14-26/h3-10,19-20,25-26,29-30,39-44H,11-18,21-24H2,1-2H3,(H,53,55)(H,54,56)(H,57,63)(H,58,64)/t29-,30-,39-,40-,41+,42+,43+,44+/m1/s1. The molecule has 8 heterocycles. The van der Waals surface area contributed by atoms with Crippen molar-refractivity contribution in [3.63, 3.8) is 0 Å². The molecule has 4 amide bonds. The second kappa shape index (κ2) is 17.1. The van der Waals surface area contributed by atoms with Crippen molar-refractivity contribution in [1.82, 2.24) is 50.3 Å². The molecule has 0 bridgehead atoms. The minimum atomic E-state index is -0.693. The van der Waals surface area contributed by atoms with Crippen molar-refractivity contribution in [2.24, 2.45) is 23.7 Å². The number of rotatable bonds is 10. The molecule has 68 heavy (non-hydrogen) atoms. The lowest BCUT2D eigenvalue weighted by molar-refractivity contribution is -0.138. The van der Waals surface area contributed by atoms with Crippen LogP contribution in [0.2, 0.25) is 0 Å². The van der Waals surface area contributed by atoms with E-state index in [0.29, 0.717) is 63.9 Å². The van der Waals surface area contributed by atoms with Crippen LogP contribution in [0.3, 0.4) is 0 Å². The van der Waals surface area contributed by atoms with Gasteiger partial charge in [0.1, 0.15) is 23.7 Å². The number of alkyl carbamates (subject to hydrolysis) is 2. The largest absolute Gasteiger partial charge is 0.453 e. The van der Waals surface area contributed by atoms with Crippen LogP contribution in [0, 0.1) is 23.7 Å². The van der Waals surface area contributed by atoms with Crippen LogP contribution in [-0.2, 0) is 28.5 Å². The van der Waals surface area contributed by atoms with Crippen molar-refractivity contribution in [2.45, 2.75) is 87.6 Å². The van der Waals surface area contributed by atoms with Crippen molar-refractivity contribution in [3.05, 3.63) is 72.3 Å². The molecule has 352 valence electrons. The first-order chi connectivity index (χ1) is 33.2. The average molecular weight is 923 g/mol. The number of methoxy groups -OCH3 is 2. The summed E-state index contributed by atoms with van der Waals surface area (Å²) in [6.45, 7) is 2.22. The van der Waals surface area contributed by atoms with E-state index in [9.17, 15) is 19.2 Å². The first kappa shape index (κ1) is 42.7. The molecule has 6 fully saturated rings. The second-order valence-electron chi connectivity index (χ2n) is 19.4. The molecule has 0 spiro atoms. The first-order valence-corrected chi connectivity index (χ1v) is 24.0. The number of hydrogen-bond donors (Lipinski definition) is 4. The van der Waals surface area contributed by atoms with Gasteiger partial charge in [-0.15, -0.1) is 0 Å². The minimum absolute atomic E-state index is 0.0367. The Morgan fingerprint density at radius 3 is 1.40 bits per heavy atom. The van der Waals surface area contributed by atoms with Gasteiger partial charge in [0.25, 0.3) is 0 Å². The van der Waals surface area contributed by atoms with Crippen molar-refractivity contribution < 1.29 is 38.1 Å². The zero-order valence-corrected chi connectivity index (χ0v) is 38.0. The minimum Gasteiger partial charge on any atom is -0.453 e. The summed E-state index contributed by atoms with van der Waals surface area (Å²) in [6, 6.07) is 18.5. The number of imidazole rings is 2. The van der Waals surface area contributed by atoms with Gasteiger partial charge >= 0.3 is 12.2 Å². The van der Waals surface area contributed by atoms with E-state index < -0.39 is 24.3 Å². The monoisotopic (exact) mass is 922 g/mol. The van der Waals surface area contributed by atoms with Crippen LogP contribution in [0.25, 0.3) is 55.6 Å². The highest BCUT2D eigenvalue weighted by Gasteiger charge is 2.58. The third-order valence-corrected chi connectivity index (χ3v) is 15.4. The number of aromatic nitrogens is 6. The molecule has 18 nitrogen and oxygen atoms in total. The maximum absolute atomic E-state index is 14.3. The molecule has 2 saturated carbocycles. The molecule has 12 rings (SSSR count). The van der Waals surface area contributed by atoms with E-state index in [4.69, 9.17) is 38.9 Å². The van der Waals surface area contributed by atoms with Gasteiger partial charge in [-0.05, 0) is 124 Å². The smallest absolute Gasteiger partial charge is 0.407 e. The summed E-state index contributed by atoms with van der Waals surface area (Å²) in [7, 11) is 2.64. The fourth-order valence-corrected chi connectivity index (χ4v) is 11.6. The number of nitrogens with zero attached hydrogens (tertiary/aromatic N) is 6. The molecule has 18 heteroatoms. The van der Waals surface area contributed by atoms with Gasteiger partial charge in [-0.25, -0.2) is 29.5 Å². The summed E-state index contributed by atoms with van der Waals surface area (Å²) in [5, 5.41) is 5.72. The van der Waals surface area contributed by atoms with Crippen LogP contribution < -0.4 is 10.6 Å². The predicted molar refractivity (Wildman–Crippen MR) is 248 cm³/mol. The van der Waals surface area contributed by atoms with Gasteiger partial charge in [-0.3, -0.25) is 9.59 Å². The number of carbonyl (C=O) groups excluding carboxylic acids is 4. The van der Waals surface area contributed by atoms with Crippen molar-refractivity contribution in [3.8, 4) is 22.5 Å². The summed E-state index contributed by atoms with van der Waals surface area (Å²) in [4.78, 5) is 84.6. The number of nitrogens with one attached hydrogen (secondary N) is 4. The Bertz CT molecular complexity index is 2760. The van der Waals surface area contributed by atoms with E-state index >= 15 is 0 Å². The van der Waals surface area contributed by atoms with Gasteiger partial charge in [0, 0.05) is 49.6 Å². The quantitative estimate of drug-likeness (QED) is 0.118.